The molecule has 1 aliphatic heterocycles. The molecule has 0 aliphatic carbocycles. The molecule has 1 aromatic heterocycles. The van der Waals surface area contributed by atoms with Gasteiger partial charge in [0.15, 0.2) is 11.5 Å². The number of fused-ring (bicyclic) bond motifs is 1. The number of carbonyl (C=O) groups excluding carboxylic acids is 1. The fourth-order valence-corrected chi connectivity index (χ4v) is 4.53. The molecule has 0 N–H and O–H groups in total. The predicted molar refractivity (Wildman–Crippen MR) is 125 cm³/mol. The van der Waals surface area contributed by atoms with Crippen LogP contribution in [0, 0.1) is 6.92 Å². The Hall–Kier alpha value is -3.28. The molecule has 0 unspecified atom stereocenters. The molecular formula is C26H30N2O4. The lowest BCUT2D eigenvalue weighted by Gasteiger charge is -2.33. The van der Waals surface area contributed by atoms with Crippen LogP contribution in [0.2, 0.25) is 0 Å². The van der Waals surface area contributed by atoms with Gasteiger partial charge < -0.3 is 19.1 Å². The number of rotatable bonds is 6. The van der Waals surface area contributed by atoms with Crippen LogP contribution in [0.3, 0.4) is 0 Å². The van der Waals surface area contributed by atoms with Crippen LogP contribution in [-0.4, -0.2) is 50.2 Å². The first-order chi connectivity index (χ1) is 15.5. The molecule has 0 radical (unpaired) electrons. The molecule has 0 bridgehead atoms. The molecule has 1 amide bonds. The topological polar surface area (TPSA) is 60.9 Å². The van der Waals surface area contributed by atoms with E-state index in [-0.39, 0.29) is 11.8 Å². The van der Waals surface area contributed by atoms with Crippen molar-refractivity contribution < 1.29 is 19.0 Å². The van der Waals surface area contributed by atoms with E-state index in [1.165, 1.54) is 0 Å². The third kappa shape index (κ3) is 4.35. The Morgan fingerprint density at radius 3 is 2.53 bits per heavy atom. The largest absolute Gasteiger partial charge is 0.496 e. The third-order valence-electron chi connectivity index (χ3n) is 6.36. The minimum atomic E-state index is 0.126. The van der Waals surface area contributed by atoms with E-state index in [9.17, 15) is 4.79 Å². The van der Waals surface area contributed by atoms with E-state index >= 15 is 0 Å². The SMILES string of the molecule is COc1ccc(CC(=O)N2CCC[C@H](c3cc4c(C)c(OC)ccc4cn3)C2)cc1OC. The zero-order valence-corrected chi connectivity index (χ0v) is 19.2. The normalized spacial score (nSPS) is 16.1. The van der Waals surface area contributed by atoms with Crippen molar-refractivity contribution in [2.45, 2.75) is 32.1 Å². The van der Waals surface area contributed by atoms with E-state index in [2.05, 4.69) is 13.0 Å². The fourth-order valence-electron chi connectivity index (χ4n) is 4.53. The molecule has 4 rings (SSSR count). The fraction of sp³-hybridized carbons (Fsp3) is 0.385. The summed E-state index contributed by atoms with van der Waals surface area (Å²) in [5.41, 5.74) is 3.07. The van der Waals surface area contributed by atoms with Gasteiger partial charge in [-0.05, 0) is 66.6 Å². The van der Waals surface area contributed by atoms with Gasteiger partial charge in [-0.25, -0.2) is 0 Å². The minimum absolute atomic E-state index is 0.126. The number of amides is 1. The van der Waals surface area contributed by atoms with Crippen molar-refractivity contribution in [2.24, 2.45) is 0 Å². The summed E-state index contributed by atoms with van der Waals surface area (Å²) >= 11 is 0. The lowest BCUT2D eigenvalue weighted by Crippen LogP contribution is -2.40. The summed E-state index contributed by atoms with van der Waals surface area (Å²) in [5, 5.41) is 2.26. The van der Waals surface area contributed by atoms with Crippen LogP contribution in [0.5, 0.6) is 17.2 Å². The Labute approximate surface area is 189 Å². The maximum absolute atomic E-state index is 13.1. The molecule has 0 spiro atoms. The minimum Gasteiger partial charge on any atom is -0.496 e. The van der Waals surface area contributed by atoms with Crippen LogP contribution < -0.4 is 14.2 Å². The highest BCUT2D eigenvalue weighted by Gasteiger charge is 2.26. The Morgan fingerprint density at radius 1 is 1.03 bits per heavy atom. The van der Waals surface area contributed by atoms with Gasteiger partial charge >= 0.3 is 0 Å². The number of carbonyl (C=O) groups is 1. The number of benzene rings is 2. The molecule has 0 saturated carbocycles. The van der Waals surface area contributed by atoms with E-state index < -0.39 is 0 Å². The first-order valence-electron chi connectivity index (χ1n) is 11.0. The van der Waals surface area contributed by atoms with Gasteiger partial charge in [0.1, 0.15) is 5.75 Å². The van der Waals surface area contributed by atoms with Crippen molar-refractivity contribution in [3.63, 3.8) is 0 Å². The summed E-state index contributed by atoms with van der Waals surface area (Å²) in [4.78, 5) is 19.8. The third-order valence-corrected chi connectivity index (χ3v) is 6.36. The van der Waals surface area contributed by atoms with Crippen LogP contribution in [0.25, 0.3) is 10.8 Å². The van der Waals surface area contributed by atoms with Gasteiger partial charge in [0.25, 0.3) is 0 Å². The average Bonchev–Trinajstić information content (AvgIpc) is 2.84. The molecule has 2 heterocycles. The van der Waals surface area contributed by atoms with E-state index in [0.29, 0.717) is 24.5 Å². The van der Waals surface area contributed by atoms with Crippen LogP contribution in [0.15, 0.2) is 42.6 Å². The summed E-state index contributed by atoms with van der Waals surface area (Å²) in [6, 6.07) is 11.8. The second-order valence-electron chi connectivity index (χ2n) is 8.27. The monoisotopic (exact) mass is 434 g/mol. The highest BCUT2D eigenvalue weighted by molar-refractivity contribution is 5.87. The number of piperidine rings is 1. The second-order valence-corrected chi connectivity index (χ2v) is 8.27. The maximum Gasteiger partial charge on any atom is 0.227 e. The van der Waals surface area contributed by atoms with Gasteiger partial charge in [-0.15, -0.1) is 0 Å². The van der Waals surface area contributed by atoms with Crippen LogP contribution in [-0.2, 0) is 11.2 Å². The molecule has 32 heavy (non-hydrogen) atoms. The Bertz CT molecular complexity index is 1130. The molecular weight excluding hydrogens is 404 g/mol. The molecule has 1 atom stereocenters. The number of ether oxygens (including phenoxy) is 3. The molecule has 6 heteroatoms. The van der Waals surface area contributed by atoms with Gasteiger partial charge in [0.05, 0.1) is 27.8 Å². The molecule has 2 aromatic carbocycles. The lowest BCUT2D eigenvalue weighted by atomic mass is 9.92. The van der Waals surface area contributed by atoms with Gasteiger partial charge in [-0.2, -0.15) is 0 Å². The smallest absolute Gasteiger partial charge is 0.227 e. The first kappa shape index (κ1) is 21.9. The maximum atomic E-state index is 13.1. The first-order valence-corrected chi connectivity index (χ1v) is 11.0. The number of hydrogen-bond donors (Lipinski definition) is 0. The zero-order chi connectivity index (χ0) is 22.7. The van der Waals surface area contributed by atoms with Gasteiger partial charge in [-0.3, -0.25) is 9.78 Å². The Kier molecular flexibility index (Phi) is 6.49. The van der Waals surface area contributed by atoms with Gasteiger partial charge in [-0.1, -0.05) is 6.07 Å². The molecule has 1 saturated heterocycles. The zero-order valence-electron chi connectivity index (χ0n) is 19.2. The van der Waals surface area contributed by atoms with Gasteiger partial charge in [0, 0.05) is 36.3 Å². The predicted octanol–water partition coefficient (Wildman–Crippen LogP) is 4.52. The highest BCUT2D eigenvalue weighted by atomic mass is 16.5. The Balaban J connectivity index is 1.51. The van der Waals surface area contributed by atoms with E-state index in [1.807, 2.05) is 41.4 Å². The second kappa shape index (κ2) is 9.47. The molecule has 3 aromatic rings. The van der Waals surface area contributed by atoms with Crippen LogP contribution in [0.1, 0.15) is 35.6 Å². The van der Waals surface area contributed by atoms with Crippen LogP contribution >= 0.6 is 0 Å². The van der Waals surface area contributed by atoms with E-state index in [1.54, 1.807) is 21.3 Å². The summed E-state index contributed by atoms with van der Waals surface area (Å²) < 4.78 is 16.2. The molecule has 1 fully saturated rings. The quantitative estimate of drug-likeness (QED) is 0.571. The lowest BCUT2D eigenvalue weighted by molar-refractivity contribution is -0.131. The summed E-state index contributed by atoms with van der Waals surface area (Å²) in [7, 11) is 4.90. The van der Waals surface area contributed by atoms with Gasteiger partial charge in [0.2, 0.25) is 5.91 Å². The highest BCUT2D eigenvalue weighted by Crippen LogP contribution is 2.32. The average molecular weight is 435 g/mol. The number of aryl methyl sites for hydroxylation is 1. The van der Waals surface area contributed by atoms with Crippen molar-refractivity contribution in [3.8, 4) is 17.2 Å². The van der Waals surface area contributed by atoms with Crippen molar-refractivity contribution in [1.29, 1.82) is 0 Å². The number of nitrogens with zero attached hydrogens (tertiary/aromatic N) is 2. The number of hydrogen-bond acceptors (Lipinski definition) is 5. The number of pyridine rings is 1. The number of aromatic nitrogens is 1. The number of methoxy groups -OCH3 is 3. The van der Waals surface area contributed by atoms with Crippen molar-refractivity contribution in [3.05, 3.63) is 59.4 Å². The van der Waals surface area contributed by atoms with Crippen molar-refractivity contribution >= 4 is 16.7 Å². The molecule has 1 aliphatic rings. The molecule has 6 nitrogen and oxygen atoms in total. The Morgan fingerprint density at radius 2 is 1.78 bits per heavy atom. The van der Waals surface area contributed by atoms with Crippen molar-refractivity contribution in [2.75, 3.05) is 34.4 Å². The standard InChI is InChI=1S/C26H30N2O4/c1-17-21-14-22(27-15-19(21)8-10-23(17)30-2)20-6-5-11-28(16-20)26(29)13-18-7-9-24(31-3)25(12-18)32-4/h7-10,12,14-15,20H,5-6,11,13,16H2,1-4H3/t20-/m0/s1. The van der Waals surface area contributed by atoms with E-state index in [0.717, 1.165) is 52.7 Å². The molecule has 168 valence electrons. The van der Waals surface area contributed by atoms with Crippen LogP contribution in [0.4, 0.5) is 0 Å². The summed E-state index contributed by atoms with van der Waals surface area (Å²) in [6.07, 6.45) is 4.27. The number of likely N-dealkylation sites (tertiary alicyclic amines) is 1. The summed E-state index contributed by atoms with van der Waals surface area (Å²) in [6.45, 7) is 3.54. The van der Waals surface area contributed by atoms with Crippen molar-refractivity contribution in [1.82, 2.24) is 9.88 Å². The summed E-state index contributed by atoms with van der Waals surface area (Å²) in [5.74, 6) is 2.54. The van der Waals surface area contributed by atoms with E-state index in [4.69, 9.17) is 19.2 Å².